The molecule has 0 radical (unpaired) electrons. The van der Waals surface area contributed by atoms with Crippen molar-refractivity contribution in [3.8, 4) is 5.75 Å². The molecule has 0 atom stereocenters. The minimum Gasteiger partial charge on any atom is -0.507 e. The molecule has 1 aliphatic carbocycles. The van der Waals surface area contributed by atoms with Gasteiger partial charge in [-0.2, -0.15) is 0 Å². The Morgan fingerprint density at radius 1 is 1.44 bits per heavy atom. The smallest absolute Gasteiger partial charge is 0.257 e. The third kappa shape index (κ3) is 2.84. The lowest BCUT2D eigenvalue weighted by Crippen LogP contribution is -2.38. The van der Waals surface area contributed by atoms with E-state index in [1.165, 1.54) is 12.8 Å². The van der Waals surface area contributed by atoms with Crippen molar-refractivity contribution in [3.05, 3.63) is 29.3 Å². The highest BCUT2D eigenvalue weighted by Gasteiger charge is 2.29. The summed E-state index contributed by atoms with van der Waals surface area (Å²) in [5.41, 5.74) is 1.37. The van der Waals surface area contributed by atoms with E-state index in [1.807, 2.05) is 31.7 Å². The minimum absolute atomic E-state index is 0.0607. The van der Waals surface area contributed by atoms with Crippen LogP contribution >= 0.6 is 0 Å². The molecule has 1 aliphatic rings. The molecule has 98 valence electrons. The van der Waals surface area contributed by atoms with Crippen LogP contribution in [0.1, 0.15) is 42.6 Å². The molecule has 18 heavy (non-hydrogen) atoms. The molecule has 0 spiro atoms. The molecular formula is C15H21NO2. The average Bonchev–Trinajstić information content (AvgIpc) is 3.08. The zero-order chi connectivity index (χ0) is 13.3. The summed E-state index contributed by atoms with van der Waals surface area (Å²) >= 11 is 0. The van der Waals surface area contributed by atoms with Crippen LogP contribution in [0.3, 0.4) is 0 Å². The quantitative estimate of drug-likeness (QED) is 0.888. The third-order valence-electron chi connectivity index (χ3n) is 3.42. The van der Waals surface area contributed by atoms with Gasteiger partial charge in [-0.15, -0.1) is 0 Å². The highest BCUT2D eigenvalue weighted by atomic mass is 16.3. The molecule has 0 bridgehead atoms. The van der Waals surface area contributed by atoms with Gasteiger partial charge in [0.15, 0.2) is 0 Å². The second kappa shape index (κ2) is 5.01. The number of carbonyl (C=O) groups is 1. The Labute approximate surface area is 108 Å². The largest absolute Gasteiger partial charge is 0.507 e. The monoisotopic (exact) mass is 247 g/mol. The molecule has 1 N–H and O–H groups in total. The molecule has 3 nitrogen and oxygen atoms in total. The number of rotatable bonds is 4. The van der Waals surface area contributed by atoms with E-state index >= 15 is 0 Å². The molecule has 1 aromatic carbocycles. The van der Waals surface area contributed by atoms with E-state index in [9.17, 15) is 9.90 Å². The normalized spacial score (nSPS) is 14.9. The summed E-state index contributed by atoms with van der Waals surface area (Å²) in [6, 6.07) is 5.39. The van der Waals surface area contributed by atoms with Gasteiger partial charge in [0.2, 0.25) is 0 Å². The summed E-state index contributed by atoms with van der Waals surface area (Å²) in [5, 5.41) is 9.89. The van der Waals surface area contributed by atoms with Crippen LogP contribution in [0.25, 0.3) is 0 Å². The molecule has 3 heteroatoms. The highest BCUT2D eigenvalue weighted by Crippen LogP contribution is 2.31. The first-order valence-corrected chi connectivity index (χ1v) is 6.59. The van der Waals surface area contributed by atoms with Gasteiger partial charge in [-0.05, 0) is 57.2 Å². The van der Waals surface area contributed by atoms with Crippen molar-refractivity contribution in [1.82, 2.24) is 4.90 Å². The van der Waals surface area contributed by atoms with Crippen LogP contribution in [-0.4, -0.2) is 28.5 Å². The summed E-state index contributed by atoms with van der Waals surface area (Å²) < 4.78 is 0. The van der Waals surface area contributed by atoms with Gasteiger partial charge >= 0.3 is 0 Å². The Hall–Kier alpha value is -1.51. The Balaban J connectivity index is 2.20. The summed E-state index contributed by atoms with van der Waals surface area (Å²) in [4.78, 5) is 14.3. The summed E-state index contributed by atoms with van der Waals surface area (Å²) in [6.07, 6.45) is 2.44. The Kier molecular flexibility index (Phi) is 3.60. The number of nitrogens with zero attached hydrogens (tertiary/aromatic N) is 1. The van der Waals surface area contributed by atoms with E-state index in [4.69, 9.17) is 0 Å². The van der Waals surface area contributed by atoms with Gasteiger partial charge in [0.25, 0.3) is 5.91 Å². The highest BCUT2D eigenvalue weighted by molar-refractivity contribution is 5.97. The summed E-state index contributed by atoms with van der Waals surface area (Å²) in [5.74, 6) is 0.680. The van der Waals surface area contributed by atoms with Crippen molar-refractivity contribution in [1.29, 1.82) is 0 Å². The topological polar surface area (TPSA) is 40.5 Å². The van der Waals surface area contributed by atoms with E-state index in [0.717, 1.165) is 12.1 Å². The van der Waals surface area contributed by atoms with Gasteiger partial charge in [-0.25, -0.2) is 0 Å². The first-order valence-electron chi connectivity index (χ1n) is 6.59. The Bertz CT molecular complexity index is 450. The fourth-order valence-electron chi connectivity index (χ4n) is 2.08. The molecule has 1 amide bonds. The molecular weight excluding hydrogens is 226 g/mol. The maximum absolute atomic E-state index is 12.4. The molecule has 1 saturated carbocycles. The predicted octanol–water partition coefficient (Wildman–Crippen LogP) is 2.96. The lowest BCUT2D eigenvalue weighted by molar-refractivity contribution is 0.0693. The number of hydrogen-bond donors (Lipinski definition) is 1. The first kappa shape index (κ1) is 12.9. The number of phenolic OH excluding ortho intramolecular Hbond substituents is 1. The van der Waals surface area contributed by atoms with Crippen molar-refractivity contribution in [2.24, 2.45) is 5.92 Å². The van der Waals surface area contributed by atoms with Crippen LogP contribution in [0.5, 0.6) is 5.75 Å². The number of aromatic hydroxyl groups is 1. The zero-order valence-electron chi connectivity index (χ0n) is 11.3. The van der Waals surface area contributed by atoms with Gasteiger partial charge < -0.3 is 10.0 Å². The number of amides is 1. The SMILES string of the molecule is Cc1ccc(C(=O)N(CC2CC2)C(C)C)c(O)c1. The number of phenols is 1. The minimum atomic E-state index is -0.0607. The number of aryl methyl sites for hydroxylation is 1. The van der Waals surface area contributed by atoms with Crippen molar-refractivity contribution in [2.75, 3.05) is 6.54 Å². The molecule has 0 heterocycles. The molecule has 2 rings (SSSR count). The van der Waals surface area contributed by atoms with Gasteiger partial charge in [-0.1, -0.05) is 6.07 Å². The maximum Gasteiger partial charge on any atom is 0.257 e. The molecule has 0 saturated heterocycles. The number of hydrogen-bond acceptors (Lipinski definition) is 2. The molecule has 1 fully saturated rings. The van der Waals surface area contributed by atoms with E-state index in [2.05, 4.69) is 0 Å². The Morgan fingerprint density at radius 3 is 2.61 bits per heavy atom. The van der Waals surface area contributed by atoms with Gasteiger partial charge in [0.05, 0.1) is 5.56 Å². The van der Waals surface area contributed by atoms with E-state index < -0.39 is 0 Å². The molecule has 0 aliphatic heterocycles. The standard InChI is InChI=1S/C15H21NO2/c1-10(2)16(9-12-5-6-12)15(18)13-7-4-11(3)8-14(13)17/h4,7-8,10,12,17H,5-6,9H2,1-3H3. The van der Waals surface area contributed by atoms with Crippen LogP contribution in [-0.2, 0) is 0 Å². The number of carbonyl (C=O) groups excluding carboxylic acids is 1. The summed E-state index contributed by atoms with van der Waals surface area (Å²) in [6.45, 7) is 6.75. The van der Waals surface area contributed by atoms with E-state index in [-0.39, 0.29) is 17.7 Å². The van der Waals surface area contributed by atoms with E-state index in [1.54, 1.807) is 12.1 Å². The lowest BCUT2D eigenvalue weighted by Gasteiger charge is -2.27. The maximum atomic E-state index is 12.4. The molecule has 1 aromatic rings. The third-order valence-corrected chi connectivity index (χ3v) is 3.42. The second-order valence-electron chi connectivity index (χ2n) is 5.52. The predicted molar refractivity (Wildman–Crippen MR) is 71.7 cm³/mol. The fraction of sp³-hybridized carbons (Fsp3) is 0.533. The second-order valence-corrected chi connectivity index (χ2v) is 5.52. The van der Waals surface area contributed by atoms with Crippen molar-refractivity contribution < 1.29 is 9.90 Å². The Morgan fingerprint density at radius 2 is 2.11 bits per heavy atom. The van der Waals surface area contributed by atoms with Crippen molar-refractivity contribution in [3.63, 3.8) is 0 Å². The molecule has 0 unspecified atom stereocenters. The van der Waals surface area contributed by atoms with Gasteiger partial charge in [0, 0.05) is 12.6 Å². The van der Waals surface area contributed by atoms with Crippen LogP contribution < -0.4 is 0 Å². The van der Waals surface area contributed by atoms with Gasteiger partial charge in [0.1, 0.15) is 5.75 Å². The fourth-order valence-corrected chi connectivity index (χ4v) is 2.08. The summed E-state index contributed by atoms with van der Waals surface area (Å²) in [7, 11) is 0. The average molecular weight is 247 g/mol. The number of benzene rings is 1. The van der Waals surface area contributed by atoms with Crippen LogP contribution in [0.4, 0.5) is 0 Å². The van der Waals surface area contributed by atoms with Crippen LogP contribution in [0.2, 0.25) is 0 Å². The van der Waals surface area contributed by atoms with Crippen LogP contribution in [0.15, 0.2) is 18.2 Å². The van der Waals surface area contributed by atoms with Gasteiger partial charge in [-0.3, -0.25) is 4.79 Å². The zero-order valence-corrected chi connectivity index (χ0v) is 11.3. The molecule has 0 aromatic heterocycles. The lowest BCUT2D eigenvalue weighted by atomic mass is 10.1. The van der Waals surface area contributed by atoms with E-state index in [0.29, 0.717) is 11.5 Å². The van der Waals surface area contributed by atoms with Crippen LogP contribution in [0, 0.1) is 12.8 Å². The first-order chi connectivity index (χ1) is 8.49. The van der Waals surface area contributed by atoms with Crippen molar-refractivity contribution >= 4 is 5.91 Å². The van der Waals surface area contributed by atoms with Crippen molar-refractivity contribution in [2.45, 2.75) is 39.7 Å².